The van der Waals surface area contributed by atoms with E-state index in [-0.39, 0.29) is 11.4 Å². The summed E-state index contributed by atoms with van der Waals surface area (Å²) in [4.78, 5) is 9.99. The summed E-state index contributed by atoms with van der Waals surface area (Å²) in [7, 11) is 0. The summed E-state index contributed by atoms with van der Waals surface area (Å²) >= 11 is 0. The van der Waals surface area contributed by atoms with E-state index in [0.29, 0.717) is 11.4 Å². The summed E-state index contributed by atoms with van der Waals surface area (Å²) in [6.45, 7) is 0. The van der Waals surface area contributed by atoms with E-state index in [2.05, 4.69) is 5.32 Å². The van der Waals surface area contributed by atoms with Crippen molar-refractivity contribution in [3.05, 3.63) is 58.1 Å². The second-order valence-electron chi connectivity index (χ2n) is 4.23. The topological polar surface area (TPSA) is 81.2 Å². The second kappa shape index (κ2) is 5.31. The minimum atomic E-state index is -4.40. The average Bonchev–Trinajstić information content (AvgIpc) is 2.40. The first-order valence-electron chi connectivity index (χ1n) is 5.75. The molecule has 0 bridgehead atoms. The van der Waals surface area contributed by atoms with Crippen molar-refractivity contribution in [3.8, 4) is 0 Å². The van der Waals surface area contributed by atoms with Crippen LogP contribution in [0.15, 0.2) is 42.5 Å². The predicted molar refractivity (Wildman–Crippen MR) is 72.2 cm³/mol. The van der Waals surface area contributed by atoms with Gasteiger partial charge in [-0.05, 0) is 30.3 Å². The van der Waals surface area contributed by atoms with E-state index in [0.717, 1.165) is 12.1 Å². The monoisotopic (exact) mass is 297 g/mol. The number of halogens is 3. The lowest BCUT2D eigenvalue weighted by Gasteiger charge is -2.11. The fourth-order valence-electron chi connectivity index (χ4n) is 1.68. The van der Waals surface area contributed by atoms with Gasteiger partial charge in [-0.25, -0.2) is 0 Å². The van der Waals surface area contributed by atoms with Gasteiger partial charge in [0.2, 0.25) is 0 Å². The Kier molecular flexibility index (Phi) is 3.70. The number of nitro benzene ring substituents is 1. The second-order valence-corrected chi connectivity index (χ2v) is 4.23. The Balaban J connectivity index is 2.20. The number of anilines is 3. The number of rotatable bonds is 3. The molecule has 0 saturated carbocycles. The number of non-ortho nitro benzene ring substituents is 1. The molecule has 0 heterocycles. The largest absolute Gasteiger partial charge is 0.416 e. The minimum absolute atomic E-state index is 0.129. The smallest absolute Gasteiger partial charge is 0.397 e. The molecule has 3 N–H and O–H groups in total. The molecule has 2 aromatic carbocycles. The third-order valence-electron chi connectivity index (χ3n) is 2.74. The average molecular weight is 297 g/mol. The van der Waals surface area contributed by atoms with Crippen LogP contribution in [-0.2, 0) is 6.18 Å². The zero-order chi connectivity index (χ0) is 15.6. The molecule has 2 aromatic rings. The van der Waals surface area contributed by atoms with Gasteiger partial charge in [-0.1, -0.05) is 0 Å². The van der Waals surface area contributed by atoms with Crippen LogP contribution in [0.4, 0.5) is 35.9 Å². The Bertz CT molecular complexity index is 669. The fraction of sp³-hybridized carbons (Fsp3) is 0.0769. The lowest BCUT2D eigenvalue weighted by Crippen LogP contribution is -2.04. The van der Waals surface area contributed by atoms with Gasteiger partial charge in [0.15, 0.2) is 0 Å². The molecule has 0 atom stereocenters. The van der Waals surface area contributed by atoms with Crippen molar-refractivity contribution < 1.29 is 18.1 Å². The van der Waals surface area contributed by atoms with E-state index in [9.17, 15) is 23.3 Å². The highest BCUT2D eigenvalue weighted by atomic mass is 19.4. The molecule has 0 aliphatic carbocycles. The van der Waals surface area contributed by atoms with E-state index >= 15 is 0 Å². The van der Waals surface area contributed by atoms with Gasteiger partial charge in [0.1, 0.15) is 0 Å². The molecule has 0 aromatic heterocycles. The van der Waals surface area contributed by atoms with Crippen LogP contribution in [0.2, 0.25) is 0 Å². The molecule has 5 nitrogen and oxygen atoms in total. The number of alkyl halides is 3. The zero-order valence-electron chi connectivity index (χ0n) is 10.5. The van der Waals surface area contributed by atoms with Crippen molar-refractivity contribution in [2.45, 2.75) is 6.18 Å². The highest BCUT2D eigenvalue weighted by molar-refractivity contribution is 5.74. The number of nitrogens with two attached hydrogens (primary N) is 1. The summed E-state index contributed by atoms with van der Waals surface area (Å²) in [5.41, 5.74) is 5.63. The molecule has 110 valence electrons. The summed E-state index contributed by atoms with van der Waals surface area (Å²) in [6.07, 6.45) is -4.40. The lowest BCUT2D eigenvalue weighted by atomic mass is 10.2. The maximum Gasteiger partial charge on any atom is 0.416 e. The Morgan fingerprint density at radius 2 is 1.71 bits per heavy atom. The molecule has 0 saturated heterocycles. The van der Waals surface area contributed by atoms with Gasteiger partial charge in [-0.3, -0.25) is 10.1 Å². The number of hydrogen-bond donors (Lipinski definition) is 2. The number of hydrogen-bond acceptors (Lipinski definition) is 4. The van der Waals surface area contributed by atoms with Crippen LogP contribution in [-0.4, -0.2) is 4.92 Å². The normalized spacial score (nSPS) is 11.2. The third-order valence-corrected chi connectivity index (χ3v) is 2.74. The Morgan fingerprint density at radius 1 is 1.10 bits per heavy atom. The molecule has 8 heteroatoms. The Morgan fingerprint density at radius 3 is 2.19 bits per heavy atom. The van der Waals surface area contributed by atoms with Crippen molar-refractivity contribution in [1.29, 1.82) is 0 Å². The lowest BCUT2D eigenvalue weighted by molar-refractivity contribution is -0.384. The van der Waals surface area contributed by atoms with Crippen molar-refractivity contribution in [2.75, 3.05) is 11.1 Å². The van der Waals surface area contributed by atoms with Crippen LogP contribution in [0.1, 0.15) is 5.56 Å². The van der Waals surface area contributed by atoms with Gasteiger partial charge >= 0.3 is 6.18 Å². The van der Waals surface area contributed by atoms with Gasteiger partial charge in [0.05, 0.1) is 21.9 Å². The molecular weight excluding hydrogens is 287 g/mol. The standard InChI is InChI=1S/C13H10F3N3O2/c14-13(15,16)8-1-3-9(4-2-8)18-12-6-5-10(19(20)21)7-11(12)17/h1-7,18H,17H2. The fourth-order valence-corrected chi connectivity index (χ4v) is 1.68. The Hall–Kier alpha value is -2.77. The highest BCUT2D eigenvalue weighted by Gasteiger charge is 2.29. The van der Waals surface area contributed by atoms with Gasteiger partial charge in [0, 0.05) is 17.8 Å². The van der Waals surface area contributed by atoms with Crippen LogP contribution in [0.25, 0.3) is 0 Å². The maximum atomic E-state index is 12.4. The minimum Gasteiger partial charge on any atom is -0.397 e. The van der Waals surface area contributed by atoms with Gasteiger partial charge in [0.25, 0.3) is 5.69 Å². The number of nitro groups is 1. The van der Waals surface area contributed by atoms with Crippen molar-refractivity contribution in [1.82, 2.24) is 0 Å². The summed E-state index contributed by atoms with van der Waals surface area (Å²) in [5.74, 6) is 0. The molecule has 21 heavy (non-hydrogen) atoms. The molecule has 0 fully saturated rings. The third kappa shape index (κ3) is 3.41. The van der Waals surface area contributed by atoms with Crippen LogP contribution in [0.5, 0.6) is 0 Å². The Labute approximate surface area is 117 Å². The van der Waals surface area contributed by atoms with Crippen molar-refractivity contribution in [3.63, 3.8) is 0 Å². The van der Waals surface area contributed by atoms with E-state index in [4.69, 9.17) is 5.73 Å². The number of nitrogen functional groups attached to an aromatic ring is 1. The van der Waals surface area contributed by atoms with Crippen LogP contribution in [0.3, 0.4) is 0 Å². The zero-order valence-corrected chi connectivity index (χ0v) is 10.5. The van der Waals surface area contributed by atoms with Crippen molar-refractivity contribution >= 4 is 22.7 Å². The van der Waals surface area contributed by atoms with E-state index in [1.807, 2.05) is 0 Å². The number of nitrogens with zero attached hydrogens (tertiary/aromatic N) is 1. The first kappa shape index (κ1) is 14.6. The summed E-state index contributed by atoms with van der Waals surface area (Å²) in [5, 5.41) is 13.4. The predicted octanol–water partition coefficient (Wildman–Crippen LogP) is 3.94. The highest BCUT2D eigenvalue weighted by Crippen LogP contribution is 2.31. The van der Waals surface area contributed by atoms with E-state index in [1.54, 1.807) is 0 Å². The first-order chi connectivity index (χ1) is 9.77. The SMILES string of the molecule is Nc1cc([N+](=O)[O-])ccc1Nc1ccc(C(F)(F)F)cc1. The van der Waals surface area contributed by atoms with E-state index < -0.39 is 16.7 Å². The molecule has 2 rings (SSSR count). The van der Waals surface area contributed by atoms with Gasteiger partial charge < -0.3 is 11.1 Å². The molecule has 0 spiro atoms. The number of nitrogens with one attached hydrogen (secondary N) is 1. The van der Waals surface area contributed by atoms with Crippen LogP contribution < -0.4 is 11.1 Å². The molecule has 0 radical (unpaired) electrons. The molecule has 0 aliphatic rings. The summed E-state index contributed by atoms with van der Waals surface area (Å²) in [6, 6.07) is 8.20. The summed E-state index contributed by atoms with van der Waals surface area (Å²) < 4.78 is 37.3. The molecule has 0 amide bonds. The number of benzene rings is 2. The molecule has 0 aliphatic heterocycles. The van der Waals surface area contributed by atoms with Crippen molar-refractivity contribution in [2.24, 2.45) is 0 Å². The molecule has 0 unspecified atom stereocenters. The van der Waals surface area contributed by atoms with Gasteiger partial charge in [-0.15, -0.1) is 0 Å². The first-order valence-corrected chi connectivity index (χ1v) is 5.75. The maximum absolute atomic E-state index is 12.4. The molecular formula is C13H10F3N3O2. The van der Waals surface area contributed by atoms with Crippen LogP contribution in [0, 0.1) is 10.1 Å². The van der Waals surface area contributed by atoms with Crippen LogP contribution >= 0.6 is 0 Å². The van der Waals surface area contributed by atoms with Gasteiger partial charge in [-0.2, -0.15) is 13.2 Å². The van der Waals surface area contributed by atoms with E-state index in [1.165, 1.54) is 30.3 Å². The quantitative estimate of drug-likeness (QED) is 0.511.